The lowest BCUT2D eigenvalue weighted by Crippen LogP contribution is -2.42. The van der Waals surface area contributed by atoms with Crippen molar-refractivity contribution >= 4 is 28.1 Å². The van der Waals surface area contributed by atoms with Crippen LogP contribution in [0.5, 0.6) is 0 Å². The Bertz CT molecular complexity index is 178. The Morgan fingerprint density at radius 1 is 1.42 bits per heavy atom. The van der Waals surface area contributed by atoms with Crippen LogP contribution in [0.4, 0.5) is 0 Å². The fourth-order valence-corrected chi connectivity index (χ4v) is 2.46. The van der Waals surface area contributed by atoms with Crippen LogP contribution in [0.15, 0.2) is 0 Å². The summed E-state index contributed by atoms with van der Waals surface area (Å²) in [6.45, 7) is 0.821. The highest BCUT2D eigenvalue weighted by atomic mass is 35.5. The van der Waals surface area contributed by atoms with E-state index in [0.717, 1.165) is 0 Å². The molecule has 0 radical (unpaired) electrons. The summed E-state index contributed by atoms with van der Waals surface area (Å²) in [6, 6.07) is 0. The second-order valence-corrected chi connectivity index (χ2v) is 5.41. The molecule has 0 unspecified atom stereocenters. The highest BCUT2D eigenvalue weighted by molar-refractivity contribution is 8.24. The van der Waals surface area contributed by atoms with Gasteiger partial charge in [0.05, 0.1) is 11.5 Å². The monoisotopic (exact) mass is 213 g/mol. The van der Waals surface area contributed by atoms with Crippen LogP contribution < -0.4 is 0 Å². The van der Waals surface area contributed by atoms with Crippen molar-refractivity contribution in [2.45, 2.75) is 0 Å². The Morgan fingerprint density at radius 3 is 2.33 bits per heavy atom. The maximum absolute atomic E-state index is 11.0. The van der Waals surface area contributed by atoms with Crippen LogP contribution in [0.25, 0.3) is 0 Å². The SMILES string of the molecule is O=C(CCl)N1CCS(O)(O)CC1. The second-order valence-electron chi connectivity index (χ2n) is 2.72. The molecule has 0 saturated carbocycles. The molecule has 1 aliphatic heterocycles. The number of halogens is 1. The molecule has 1 saturated heterocycles. The third kappa shape index (κ3) is 2.52. The van der Waals surface area contributed by atoms with E-state index in [1.165, 1.54) is 0 Å². The molecule has 1 amide bonds. The molecule has 4 nitrogen and oxygen atoms in total. The lowest BCUT2D eigenvalue weighted by atomic mass is 10.5. The number of nitrogens with zero attached hydrogens (tertiary/aromatic N) is 1. The van der Waals surface area contributed by atoms with Gasteiger partial charge in [0.25, 0.3) is 0 Å². The fraction of sp³-hybridized carbons (Fsp3) is 0.833. The minimum Gasteiger partial charge on any atom is -0.339 e. The lowest BCUT2D eigenvalue weighted by molar-refractivity contribution is -0.128. The first-order valence-corrected chi connectivity index (χ1v) is 6.04. The maximum atomic E-state index is 11.0. The van der Waals surface area contributed by atoms with Gasteiger partial charge < -0.3 is 4.90 Å². The van der Waals surface area contributed by atoms with Gasteiger partial charge in [0.15, 0.2) is 0 Å². The summed E-state index contributed by atoms with van der Waals surface area (Å²) in [6.07, 6.45) is 0. The Morgan fingerprint density at radius 2 is 1.92 bits per heavy atom. The third-order valence-electron chi connectivity index (χ3n) is 1.84. The van der Waals surface area contributed by atoms with Gasteiger partial charge in [-0.3, -0.25) is 13.9 Å². The molecule has 0 aliphatic carbocycles. The average Bonchev–Trinajstić information content (AvgIpc) is 2.03. The molecule has 0 spiro atoms. The lowest BCUT2D eigenvalue weighted by Gasteiger charge is -2.40. The van der Waals surface area contributed by atoms with Gasteiger partial charge in [-0.25, -0.2) is 0 Å². The molecule has 0 aromatic carbocycles. The Balaban J connectivity index is 2.41. The zero-order chi connectivity index (χ0) is 9.19. The topological polar surface area (TPSA) is 60.8 Å². The quantitative estimate of drug-likeness (QED) is 0.634. The van der Waals surface area contributed by atoms with Crippen LogP contribution in [0.1, 0.15) is 0 Å². The summed E-state index contributed by atoms with van der Waals surface area (Å²) in [5.74, 6) is 0.413. The van der Waals surface area contributed by atoms with E-state index in [1.54, 1.807) is 4.90 Å². The van der Waals surface area contributed by atoms with Crippen molar-refractivity contribution in [2.24, 2.45) is 0 Å². The molecule has 1 rings (SSSR count). The molecule has 1 aliphatic rings. The minimum atomic E-state index is -2.39. The Labute approximate surface area is 77.8 Å². The predicted molar refractivity (Wildman–Crippen MR) is 49.9 cm³/mol. The summed E-state index contributed by atoms with van der Waals surface area (Å²) < 4.78 is 18.4. The summed E-state index contributed by atoms with van der Waals surface area (Å²) in [5, 5.41) is 0. The summed E-state index contributed by atoms with van der Waals surface area (Å²) in [7, 11) is -2.39. The van der Waals surface area contributed by atoms with E-state index in [9.17, 15) is 13.9 Å². The average molecular weight is 214 g/mol. The third-order valence-corrected chi connectivity index (χ3v) is 3.74. The van der Waals surface area contributed by atoms with E-state index >= 15 is 0 Å². The van der Waals surface area contributed by atoms with E-state index in [1.807, 2.05) is 0 Å². The van der Waals surface area contributed by atoms with Gasteiger partial charge in [0, 0.05) is 13.1 Å². The van der Waals surface area contributed by atoms with E-state index in [2.05, 4.69) is 0 Å². The number of alkyl halides is 1. The molecule has 1 fully saturated rings. The summed E-state index contributed by atoms with van der Waals surface area (Å²) in [4.78, 5) is 12.6. The highest BCUT2D eigenvalue weighted by Gasteiger charge is 2.24. The summed E-state index contributed by atoms with van der Waals surface area (Å²) in [5.41, 5.74) is 0. The Kier molecular flexibility index (Phi) is 3.22. The maximum Gasteiger partial charge on any atom is 0.237 e. The number of rotatable bonds is 1. The van der Waals surface area contributed by atoms with Crippen molar-refractivity contribution in [3.8, 4) is 0 Å². The van der Waals surface area contributed by atoms with Gasteiger partial charge in [0.1, 0.15) is 5.88 Å². The standard InChI is InChI=1S/C6H12ClNO3S/c7-5-6(9)8-1-3-12(10,11)4-2-8/h10-11H,1-5H2. The van der Waals surface area contributed by atoms with Gasteiger partial charge in [0.2, 0.25) is 5.91 Å². The molecule has 0 bridgehead atoms. The number of carbonyl (C=O) groups is 1. The van der Waals surface area contributed by atoms with Crippen molar-refractivity contribution in [1.82, 2.24) is 4.90 Å². The second kappa shape index (κ2) is 3.83. The molecule has 0 aromatic heterocycles. The van der Waals surface area contributed by atoms with Gasteiger partial charge in [-0.1, -0.05) is 0 Å². The van der Waals surface area contributed by atoms with Gasteiger partial charge in [-0.15, -0.1) is 11.6 Å². The zero-order valence-electron chi connectivity index (χ0n) is 6.57. The van der Waals surface area contributed by atoms with E-state index in [4.69, 9.17) is 11.6 Å². The van der Waals surface area contributed by atoms with E-state index < -0.39 is 10.6 Å². The molecular formula is C6H12ClNO3S. The molecule has 0 aromatic rings. The minimum absolute atomic E-state index is 0.0286. The number of carbonyl (C=O) groups excluding carboxylic acids is 1. The highest BCUT2D eigenvalue weighted by Crippen LogP contribution is 2.40. The van der Waals surface area contributed by atoms with Crippen LogP contribution in [-0.2, 0) is 4.79 Å². The van der Waals surface area contributed by atoms with Gasteiger partial charge in [-0.05, 0) is 0 Å². The first-order chi connectivity index (χ1) is 5.55. The summed E-state index contributed by atoms with van der Waals surface area (Å²) >= 11 is 5.35. The van der Waals surface area contributed by atoms with Crippen LogP contribution in [0.3, 0.4) is 0 Å². The fourth-order valence-electron chi connectivity index (χ4n) is 1.06. The number of hydrogen-bond donors (Lipinski definition) is 2. The number of hydrogen-bond acceptors (Lipinski definition) is 3. The van der Waals surface area contributed by atoms with Gasteiger partial charge in [-0.2, -0.15) is 10.6 Å². The van der Waals surface area contributed by atoms with Crippen LogP contribution >= 0.6 is 22.2 Å². The van der Waals surface area contributed by atoms with Crippen molar-refractivity contribution in [1.29, 1.82) is 0 Å². The predicted octanol–water partition coefficient (Wildman–Crippen LogP) is 0.818. The van der Waals surface area contributed by atoms with E-state index in [-0.39, 0.29) is 23.3 Å². The van der Waals surface area contributed by atoms with Gasteiger partial charge >= 0.3 is 0 Å². The van der Waals surface area contributed by atoms with Crippen LogP contribution in [0.2, 0.25) is 0 Å². The molecule has 2 N–H and O–H groups in total. The normalized spacial score (nSPS) is 25.1. The molecule has 6 heteroatoms. The zero-order valence-corrected chi connectivity index (χ0v) is 8.14. The van der Waals surface area contributed by atoms with E-state index in [0.29, 0.717) is 13.1 Å². The molecule has 1 heterocycles. The number of amides is 1. The first-order valence-electron chi connectivity index (χ1n) is 3.62. The molecule has 72 valence electrons. The molecular weight excluding hydrogens is 202 g/mol. The largest absolute Gasteiger partial charge is 0.339 e. The van der Waals surface area contributed by atoms with Crippen molar-refractivity contribution in [2.75, 3.05) is 30.5 Å². The molecule has 0 atom stereocenters. The first kappa shape index (κ1) is 10.1. The smallest absolute Gasteiger partial charge is 0.237 e. The van der Waals surface area contributed by atoms with Crippen LogP contribution in [0, 0.1) is 0 Å². The van der Waals surface area contributed by atoms with Crippen molar-refractivity contribution in [3.05, 3.63) is 0 Å². The van der Waals surface area contributed by atoms with Crippen molar-refractivity contribution < 1.29 is 13.9 Å². The van der Waals surface area contributed by atoms with Crippen molar-refractivity contribution in [3.63, 3.8) is 0 Å². The Hall–Kier alpha value is 0.0300. The molecule has 12 heavy (non-hydrogen) atoms. The van der Waals surface area contributed by atoms with Crippen LogP contribution in [-0.4, -0.2) is 50.4 Å².